The number of benzene rings is 2. The molecule has 7 nitrogen and oxygen atoms in total. The topological polar surface area (TPSA) is 88.1 Å². The molecule has 2 aromatic carbocycles. The van der Waals surface area contributed by atoms with Gasteiger partial charge in [-0.3, -0.25) is 14.4 Å². The summed E-state index contributed by atoms with van der Waals surface area (Å²) in [6.45, 7) is 11.4. The quantitative estimate of drug-likeness (QED) is 0.282. The van der Waals surface area contributed by atoms with Gasteiger partial charge in [0.25, 0.3) is 8.32 Å². The van der Waals surface area contributed by atoms with Gasteiger partial charge in [0.05, 0.1) is 12.7 Å². The van der Waals surface area contributed by atoms with Gasteiger partial charge in [-0.15, -0.1) is 0 Å². The minimum atomic E-state index is -3.20. The Kier molecular flexibility index (Phi) is 10.0. The van der Waals surface area contributed by atoms with Crippen molar-refractivity contribution < 1.29 is 33.0 Å². The van der Waals surface area contributed by atoms with Gasteiger partial charge in [-0.2, -0.15) is 0 Å². The Balaban J connectivity index is 2.23. The average Bonchev–Trinajstić information content (AvgIpc) is 2.87. The van der Waals surface area contributed by atoms with Crippen molar-refractivity contribution in [2.24, 2.45) is 5.92 Å². The second kappa shape index (κ2) is 12.8. The van der Waals surface area contributed by atoms with Crippen molar-refractivity contribution >= 4 is 36.4 Å². The van der Waals surface area contributed by atoms with E-state index in [0.29, 0.717) is 6.42 Å². The summed E-state index contributed by atoms with van der Waals surface area (Å²) in [5.41, 5.74) is 0. The predicted molar refractivity (Wildman–Crippen MR) is 148 cm³/mol. The Bertz CT molecular complexity index is 1040. The van der Waals surface area contributed by atoms with Crippen molar-refractivity contribution in [2.75, 3.05) is 6.61 Å². The molecule has 0 bridgehead atoms. The van der Waals surface area contributed by atoms with Crippen LogP contribution in [0.2, 0.25) is 5.04 Å². The Morgan fingerprint density at radius 2 is 1.53 bits per heavy atom. The van der Waals surface area contributed by atoms with Crippen molar-refractivity contribution in [1.82, 2.24) is 0 Å². The number of carbonyl (C=O) groups is 3. The highest BCUT2D eigenvalue weighted by atomic mass is 28.4. The van der Waals surface area contributed by atoms with Crippen LogP contribution in [-0.2, 0) is 33.0 Å². The monoisotopic (exact) mass is 540 g/mol. The molecular weight excluding hydrogens is 500 g/mol. The predicted octanol–water partition coefficient (Wildman–Crippen LogP) is 4.16. The zero-order valence-corrected chi connectivity index (χ0v) is 24.3. The zero-order chi connectivity index (χ0) is 27.9. The fourth-order valence-corrected chi connectivity index (χ4v) is 9.81. The molecule has 8 heteroatoms. The number of ketones is 1. The van der Waals surface area contributed by atoms with E-state index in [4.69, 9.17) is 18.6 Å². The number of rotatable bonds is 8. The molecule has 0 aromatic heterocycles. The van der Waals surface area contributed by atoms with Crippen molar-refractivity contribution in [2.45, 2.75) is 84.3 Å². The summed E-state index contributed by atoms with van der Waals surface area (Å²) in [5, 5.41) is 1.56. The Labute approximate surface area is 226 Å². The third-order valence-electron chi connectivity index (χ3n) is 6.99. The molecule has 1 aliphatic heterocycles. The highest BCUT2D eigenvalue weighted by molar-refractivity contribution is 6.99. The van der Waals surface area contributed by atoms with Crippen LogP contribution in [0.15, 0.2) is 60.7 Å². The Hall–Kier alpha value is -2.81. The van der Waals surface area contributed by atoms with E-state index >= 15 is 0 Å². The third-order valence-corrected chi connectivity index (χ3v) is 12.0. The van der Waals surface area contributed by atoms with E-state index in [-0.39, 0.29) is 25.2 Å². The van der Waals surface area contributed by atoms with E-state index in [1.807, 2.05) is 67.6 Å². The van der Waals surface area contributed by atoms with Gasteiger partial charge in [0.2, 0.25) is 0 Å². The number of ether oxygens (including phenoxy) is 3. The molecule has 38 heavy (non-hydrogen) atoms. The van der Waals surface area contributed by atoms with E-state index in [1.54, 1.807) is 6.92 Å². The molecule has 0 aliphatic carbocycles. The first-order chi connectivity index (χ1) is 18.0. The van der Waals surface area contributed by atoms with Crippen molar-refractivity contribution in [1.29, 1.82) is 0 Å². The lowest BCUT2D eigenvalue weighted by molar-refractivity contribution is -0.208. The van der Waals surface area contributed by atoms with E-state index in [1.165, 1.54) is 6.92 Å². The lowest BCUT2D eigenvalue weighted by atomic mass is 9.94. The maximum absolute atomic E-state index is 13.5. The number of hydrogen-bond donors (Lipinski definition) is 0. The normalized spacial score (nSPS) is 22.7. The van der Waals surface area contributed by atoms with Crippen LogP contribution in [0.25, 0.3) is 0 Å². The summed E-state index contributed by atoms with van der Waals surface area (Å²) in [6, 6.07) is 19.9. The third kappa shape index (κ3) is 6.42. The molecule has 1 saturated heterocycles. The van der Waals surface area contributed by atoms with Crippen LogP contribution in [-0.4, -0.2) is 51.1 Å². The minimum absolute atomic E-state index is 0.0435. The molecule has 0 saturated carbocycles. The molecule has 0 radical (unpaired) electrons. The summed E-state index contributed by atoms with van der Waals surface area (Å²) in [4.78, 5) is 38.7. The van der Waals surface area contributed by atoms with Gasteiger partial charge in [0, 0.05) is 13.3 Å². The number of Topliss-reactive ketones (excluding diaryl/α,β-unsaturated/α-hetero) is 1. The van der Waals surface area contributed by atoms with Crippen LogP contribution in [0.4, 0.5) is 0 Å². The van der Waals surface area contributed by atoms with Crippen LogP contribution in [0.5, 0.6) is 0 Å². The number of hydrogen-bond acceptors (Lipinski definition) is 7. The zero-order valence-electron chi connectivity index (χ0n) is 23.3. The van der Waals surface area contributed by atoms with Crippen LogP contribution in [0.1, 0.15) is 60.8 Å². The molecule has 4 atom stereocenters. The standard InChI is InChI=1S/C30H40O7Si/c1-7-25-26(35-21(3)31)20-19-24(32)27(28(33)34-8-2)29(36-25)37-38(30(4,5)6,22-15-11-9-12-16-22)23-17-13-10-14-18-23/h9-18,25-27,29H,7-8,19-20H2,1-6H3/t25-,26-,27?,29+/m1/s1. The molecule has 0 N–H and O–H groups in total. The van der Waals surface area contributed by atoms with E-state index < -0.39 is 49.7 Å². The molecule has 206 valence electrons. The van der Waals surface area contributed by atoms with Crippen molar-refractivity contribution in [3.63, 3.8) is 0 Å². The summed E-state index contributed by atoms with van der Waals surface area (Å²) in [6.07, 6.45) is -1.61. The second-order valence-corrected chi connectivity index (χ2v) is 14.9. The molecular formula is C30H40O7Si. The fraction of sp³-hybridized carbons (Fsp3) is 0.500. The fourth-order valence-electron chi connectivity index (χ4n) is 5.26. The molecule has 0 spiro atoms. The first-order valence-electron chi connectivity index (χ1n) is 13.4. The second-order valence-electron chi connectivity index (χ2n) is 10.6. The summed E-state index contributed by atoms with van der Waals surface area (Å²) in [7, 11) is -3.20. The smallest absolute Gasteiger partial charge is 0.321 e. The van der Waals surface area contributed by atoms with Crippen LogP contribution in [0.3, 0.4) is 0 Å². The van der Waals surface area contributed by atoms with Crippen LogP contribution < -0.4 is 10.4 Å². The van der Waals surface area contributed by atoms with Gasteiger partial charge in [0.15, 0.2) is 18.0 Å². The Morgan fingerprint density at radius 3 is 1.97 bits per heavy atom. The average molecular weight is 541 g/mol. The molecule has 1 aliphatic rings. The van der Waals surface area contributed by atoms with Gasteiger partial charge >= 0.3 is 11.9 Å². The minimum Gasteiger partial charge on any atom is -0.465 e. The Morgan fingerprint density at radius 1 is 0.974 bits per heavy atom. The first kappa shape index (κ1) is 29.7. The van der Waals surface area contributed by atoms with Gasteiger partial charge in [0.1, 0.15) is 6.10 Å². The van der Waals surface area contributed by atoms with Crippen molar-refractivity contribution in [3.05, 3.63) is 60.7 Å². The van der Waals surface area contributed by atoms with Crippen LogP contribution in [0, 0.1) is 5.92 Å². The lowest BCUT2D eigenvalue weighted by Crippen LogP contribution is -2.69. The van der Waals surface area contributed by atoms with E-state index in [0.717, 1.165) is 10.4 Å². The summed E-state index contributed by atoms with van der Waals surface area (Å²) < 4.78 is 24.6. The largest absolute Gasteiger partial charge is 0.465 e. The number of esters is 2. The SMILES string of the molecule is CCOC(=O)C1C(=O)CC[C@@H](OC(C)=O)[C@@H](CC)O[C@H]1O[Si](c1ccccc1)(c1ccccc1)C(C)(C)C. The molecule has 3 rings (SSSR count). The van der Waals surface area contributed by atoms with Gasteiger partial charge in [-0.25, -0.2) is 0 Å². The molecule has 0 amide bonds. The first-order valence-corrected chi connectivity index (χ1v) is 15.3. The summed E-state index contributed by atoms with van der Waals surface area (Å²) >= 11 is 0. The highest BCUT2D eigenvalue weighted by Gasteiger charge is 2.55. The molecule has 1 heterocycles. The van der Waals surface area contributed by atoms with Gasteiger partial charge in [-0.1, -0.05) is 88.4 Å². The van der Waals surface area contributed by atoms with E-state index in [9.17, 15) is 14.4 Å². The maximum atomic E-state index is 13.5. The van der Waals surface area contributed by atoms with Gasteiger partial charge < -0.3 is 18.6 Å². The molecule has 1 unspecified atom stereocenters. The maximum Gasteiger partial charge on any atom is 0.321 e. The molecule has 2 aromatic rings. The van der Waals surface area contributed by atoms with Crippen molar-refractivity contribution in [3.8, 4) is 0 Å². The lowest BCUT2D eigenvalue weighted by Gasteiger charge is -2.47. The van der Waals surface area contributed by atoms with Crippen LogP contribution >= 0.6 is 0 Å². The molecule has 1 fully saturated rings. The summed E-state index contributed by atoms with van der Waals surface area (Å²) in [5.74, 6) is -2.72. The van der Waals surface area contributed by atoms with E-state index in [2.05, 4.69) is 20.8 Å². The highest BCUT2D eigenvalue weighted by Crippen LogP contribution is 2.39. The number of carbonyl (C=O) groups excluding carboxylic acids is 3. The van der Waals surface area contributed by atoms with Gasteiger partial charge in [-0.05, 0) is 35.2 Å².